The Balaban J connectivity index is 2.98. The van der Waals surface area contributed by atoms with E-state index >= 15 is 0 Å². The lowest BCUT2D eigenvalue weighted by Crippen LogP contribution is -2.19. The van der Waals surface area contributed by atoms with Crippen LogP contribution in [0.4, 0.5) is 0 Å². The third kappa shape index (κ3) is 1.28. The second-order valence-electron chi connectivity index (χ2n) is 4.28. The van der Waals surface area contributed by atoms with Crippen molar-refractivity contribution in [3.8, 4) is 0 Å². The summed E-state index contributed by atoms with van der Waals surface area (Å²) in [5.74, 6) is 0.465. The van der Waals surface area contributed by atoms with E-state index in [0.29, 0.717) is 5.92 Å². The Bertz CT molecular complexity index is 571. The molecule has 82 valence electrons. The van der Waals surface area contributed by atoms with Crippen LogP contribution in [-0.4, -0.2) is 9.13 Å². The van der Waals surface area contributed by atoms with E-state index in [-0.39, 0.29) is 5.69 Å². The fraction of sp³-hybridized carbons (Fsp3) is 0.545. The molecule has 2 rings (SSSR count). The minimum Gasteiger partial charge on any atom is -0.294 e. The van der Waals surface area contributed by atoms with Gasteiger partial charge in [0.1, 0.15) is 4.83 Å². The van der Waals surface area contributed by atoms with E-state index in [9.17, 15) is 4.79 Å². The van der Waals surface area contributed by atoms with Gasteiger partial charge in [-0.1, -0.05) is 13.8 Å². The molecule has 0 unspecified atom stereocenters. The number of aromatic nitrogens is 2. The average Bonchev–Trinajstić information content (AvgIpc) is 2.59. The second-order valence-corrected chi connectivity index (χ2v) is 5.48. The van der Waals surface area contributed by atoms with Crippen LogP contribution in [0.5, 0.6) is 0 Å². The average molecular weight is 224 g/mol. The van der Waals surface area contributed by atoms with Gasteiger partial charge in [-0.3, -0.25) is 9.13 Å². The Morgan fingerprint density at radius 3 is 2.33 bits per heavy atom. The molecule has 2 aromatic heterocycles. The molecule has 0 bridgehead atoms. The third-order valence-corrected chi connectivity index (χ3v) is 4.06. The molecule has 0 fully saturated rings. The number of fused-ring (bicyclic) bond motifs is 1. The molecule has 0 atom stereocenters. The van der Waals surface area contributed by atoms with Crippen molar-refractivity contribution in [1.29, 1.82) is 0 Å². The quantitative estimate of drug-likeness (QED) is 0.730. The molecule has 0 aromatic carbocycles. The summed E-state index contributed by atoms with van der Waals surface area (Å²) >= 11 is 1.71. The summed E-state index contributed by atoms with van der Waals surface area (Å²) in [6.45, 7) is 6.47. The molecule has 2 heterocycles. The Morgan fingerprint density at radius 2 is 1.80 bits per heavy atom. The van der Waals surface area contributed by atoms with Gasteiger partial charge >= 0.3 is 5.69 Å². The van der Waals surface area contributed by atoms with E-state index in [1.807, 2.05) is 14.1 Å². The van der Waals surface area contributed by atoms with Crippen molar-refractivity contribution in [2.75, 3.05) is 0 Å². The molecule has 0 aliphatic rings. The number of nitrogens with zero attached hydrogens (tertiary/aromatic N) is 2. The summed E-state index contributed by atoms with van der Waals surface area (Å²) in [7, 11) is 3.69. The van der Waals surface area contributed by atoms with Crippen molar-refractivity contribution in [2.45, 2.75) is 26.7 Å². The van der Waals surface area contributed by atoms with Crippen molar-refractivity contribution < 1.29 is 0 Å². The third-order valence-electron chi connectivity index (χ3n) is 2.88. The highest BCUT2D eigenvalue weighted by molar-refractivity contribution is 7.18. The molecule has 0 saturated heterocycles. The van der Waals surface area contributed by atoms with Gasteiger partial charge in [0.15, 0.2) is 0 Å². The lowest BCUT2D eigenvalue weighted by molar-refractivity contribution is 0.787. The predicted molar refractivity (Wildman–Crippen MR) is 64.9 cm³/mol. The molecule has 3 nitrogen and oxygen atoms in total. The predicted octanol–water partition coefficient (Wildman–Crippen LogP) is 2.37. The van der Waals surface area contributed by atoms with Gasteiger partial charge in [0.25, 0.3) is 0 Å². The minimum atomic E-state index is 0.0677. The first-order valence-electron chi connectivity index (χ1n) is 5.09. The van der Waals surface area contributed by atoms with Crippen molar-refractivity contribution in [3.63, 3.8) is 0 Å². The first-order chi connectivity index (χ1) is 6.95. The van der Waals surface area contributed by atoms with E-state index in [1.54, 1.807) is 20.5 Å². The molecule has 0 saturated carbocycles. The van der Waals surface area contributed by atoms with Gasteiger partial charge in [0, 0.05) is 19.0 Å². The lowest BCUT2D eigenvalue weighted by Gasteiger charge is -2.05. The highest BCUT2D eigenvalue weighted by Gasteiger charge is 2.19. The zero-order valence-corrected chi connectivity index (χ0v) is 10.6. The zero-order chi connectivity index (χ0) is 11.3. The first kappa shape index (κ1) is 10.5. The summed E-state index contributed by atoms with van der Waals surface area (Å²) in [6.07, 6.45) is 0. The standard InChI is InChI=1S/C11H16N2OS/c1-6(2)8-7(3)15-10-9(8)12(4)11(14)13(10)5/h6H,1-5H3. The fourth-order valence-electron chi connectivity index (χ4n) is 2.17. The van der Waals surface area contributed by atoms with Gasteiger partial charge in [-0.15, -0.1) is 11.3 Å². The first-order valence-corrected chi connectivity index (χ1v) is 5.91. The molecule has 2 aromatic rings. The minimum absolute atomic E-state index is 0.0677. The maximum atomic E-state index is 11.8. The van der Waals surface area contributed by atoms with Gasteiger partial charge in [0.05, 0.1) is 5.52 Å². The maximum Gasteiger partial charge on any atom is 0.329 e. The number of thiophene rings is 1. The summed E-state index contributed by atoms with van der Waals surface area (Å²) in [4.78, 5) is 14.2. The van der Waals surface area contributed by atoms with Gasteiger partial charge < -0.3 is 0 Å². The SMILES string of the molecule is Cc1sc2c(c1C(C)C)n(C)c(=O)n2C. The lowest BCUT2D eigenvalue weighted by atomic mass is 10.0. The van der Waals surface area contributed by atoms with Crippen LogP contribution in [0.25, 0.3) is 10.3 Å². The molecule has 0 amide bonds. The van der Waals surface area contributed by atoms with Crippen LogP contribution in [0.3, 0.4) is 0 Å². The maximum absolute atomic E-state index is 11.8. The molecule has 0 radical (unpaired) electrons. The number of hydrogen-bond acceptors (Lipinski definition) is 2. The van der Waals surface area contributed by atoms with Crippen LogP contribution in [0, 0.1) is 6.92 Å². The molecule has 4 heteroatoms. The van der Waals surface area contributed by atoms with Crippen molar-refractivity contribution in [2.24, 2.45) is 14.1 Å². The van der Waals surface area contributed by atoms with Crippen LogP contribution in [0.2, 0.25) is 0 Å². The van der Waals surface area contributed by atoms with E-state index in [1.165, 1.54) is 10.4 Å². The van der Waals surface area contributed by atoms with Gasteiger partial charge in [-0.25, -0.2) is 4.79 Å². The highest BCUT2D eigenvalue weighted by atomic mass is 32.1. The molecular weight excluding hydrogens is 208 g/mol. The van der Waals surface area contributed by atoms with E-state index in [0.717, 1.165) is 10.3 Å². The monoisotopic (exact) mass is 224 g/mol. The van der Waals surface area contributed by atoms with Crippen LogP contribution < -0.4 is 5.69 Å². The fourth-order valence-corrected chi connectivity index (χ4v) is 3.46. The Hall–Kier alpha value is -1.03. The zero-order valence-electron chi connectivity index (χ0n) is 9.79. The van der Waals surface area contributed by atoms with E-state index in [4.69, 9.17) is 0 Å². The van der Waals surface area contributed by atoms with E-state index in [2.05, 4.69) is 20.8 Å². The van der Waals surface area contributed by atoms with Crippen LogP contribution in [0.15, 0.2) is 4.79 Å². The topological polar surface area (TPSA) is 26.9 Å². The molecular formula is C11H16N2OS. The van der Waals surface area contributed by atoms with Crippen LogP contribution >= 0.6 is 11.3 Å². The molecule has 0 aliphatic heterocycles. The number of aryl methyl sites for hydroxylation is 3. The molecule has 0 spiro atoms. The normalized spacial score (nSPS) is 11.9. The Morgan fingerprint density at radius 1 is 1.20 bits per heavy atom. The van der Waals surface area contributed by atoms with Gasteiger partial charge in [-0.2, -0.15) is 0 Å². The summed E-state index contributed by atoms with van der Waals surface area (Å²) < 4.78 is 3.49. The smallest absolute Gasteiger partial charge is 0.294 e. The number of hydrogen-bond donors (Lipinski definition) is 0. The Kier molecular flexibility index (Phi) is 2.26. The van der Waals surface area contributed by atoms with E-state index < -0.39 is 0 Å². The van der Waals surface area contributed by atoms with Gasteiger partial charge in [0.2, 0.25) is 0 Å². The number of imidazole rings is 1. The Labute approximate surface area is 93.0 Å². The number of rotatable bonds is 1. The highest BCUT2D eigenvalue weighted by Crippen LogP contribution is 2.34. The van der Waals surface area contributed by atoms with Gasteiger partial charge in [-0.05, 0) is 18.4 Å². The second kappa shape index (κ2) is 3.23. The largest absolute Gasteiger partial charge is 0.329 e. The molecule has 15 heavy (non-hydrogen) atoms. The van der Waals surface area contributed by atoms with Crippen molar-refractivity contribution >= 4 is 21.7 Å². The van der Waals surface area contributed by atoms with Crippen molar-refractivity contribution in [3.05, 3.63) is 20.9 Å². The molecule has 0 aliphatic carbocycles. The molecule has 0 N–H and O–H groups in total. The van der Waals surface area contributed by atoms with Crippen LogP contribution in [-0.2, 0) is 14.1 Å². The van der Waals surface area contributed by atoms with Crippen molar-refractivity contribution in [1.82, 2.24) is 9.13 Å². The summed E-state index contributed by atoms with van der Waals surface area (Å²) in [5.41, 5.74) is 2.49. The summed E-state index contributed by atoms with van der Waals surface area (Å²) in [6, 6.07) is 0. The van der Waals surface area contributed by atoms with Crippen LogP contribution in [0.1, 0.15) is 30.2 Å². The summed E-state index contributed by atoms with van der Waals surface area (Å²) in [5, 5.41) is 0.